The summed E-state index contributed by atoms with van der Waals surface area (Å²) in [7, 11) is 2.04. The number of hydrogen-bond acceptors (Lipinski definition) is 5. The van der Waals surface area contributed by atoms with Crippen molar-refractivity contribution >= 4 is 23.3 Å². The molecule has 5 rings (SSSR count). The monoisotopic (exact) mass is 369 g/mol. The Morgan fingerprint density at radius 1 is 1.19 bits per heavy atom. The van der Waals surface area contributed by atoms with Gasteiger partial charge in [-0.05, 0) is 56.6 Å². The first-order valence-corrected chi connectivity index (χ1v) is 9.81. The third-order valence-corrected chi connectivity index (χ3v) is 6.00. The van der Waals surface area contributed by atoms with E-state index in [9.17, 15) is 0 Å². The van der Waals surface area contributed by atoms with Gasteiger partial charge in [-0.1, -0.05) is 12.1 Å². The second kappa shape index (κ2) is 6.32. The molecular weight excluding hydrogens is 346 g/mol. The summed E-state index contributed by atoms with van der Waals surface area (Å²) in [6.07, 6.45) is 4.73. The van der Waals surface area contributed by atoms with E-state index in [0.717, 1.165) is 60.2 Å². The van der Waals surface area contributed by atoms with Gasteiger partial charge < -0.3 is 8.98 Å². The van der Waals surface area contributed by atoms with Crippen LogP contribution in [0.5, 0.6) is 0 Å². The van der Waals surface area contributed by atoms with Crippen LogP contribution in [0.1, 0.15) is 49.2 Å². The predicted octanol–water partition coefficient (Wildman–Crippen LogP) is 3.81. The maximum Gasteiger partial charge on any atom is 0.199 e. The van der Waals surface area contributed by atoms with Crippen molar-refractivity contribution in [3.63, 3.8) is 0 Å². The Bertz CT molecular complexity index is 966. The molecule has 2 aliphatic rings. The highest BCUT2D eigenvalue weighted by Crippen LogP contribution is 2.39. The van der Waals surface area contributed by atoms with Crippen LogP contribution < -0.4 is 0 Å². The molecule has 3 aromatic rings. The zero-order valence-corrected chi connectivity index (χ0v) is 15.8. The van der Waals surface area contributed by atoms with Crippen LogP contribution in [0.25, 0.3) is 11.1 Å². The second-order valence-electron chi connectivity index (χ2n) is 7.55. The highest BCUT2D eigenvalue weighted by molar-refractivity contribution is 7.71. The largest absolute Gasteiger partial charge is 0.440 e. The van der Waals surface area contributed by atoms with Crippen molar-refractivity contribution in [2.45, 2.75) is 44.2 Å². The number of benzene rings is 1. The quantitative estimate of drug-likeness (QED) is 0.655. The molecule has 2 fully saturated rings. The Kier molecular flexibility index (Phi) is 3.94. The van der Waals surface area contributed by atoms with Crippen LogP contribution in [-0.2, 0) is 13.7 Å². The lowest BCUT2D eigenvalue weighted by molar-refractivity contribution is 0.147. The molecule has 1 aromatic carbocycles. The first kappa shape index (κ1) is 16.2. The van der Waals surface area contributed by atoms with Crippen molar-refractivity contribution in [3.05, 3.63) is 40.8 Å². The van der Waals surface area contributed by atoms with E-state index >= 15 is 0 Å². The minimum absolute atomic E-state index is 0.330. The van der Waals surface area contributed by atoms with E-state index in [1.54, 1.807) is 0 Å². The molecule has 1 aliphatic carbocycles. The van der Waals surface area contributed by atoms with Crippen LogP contribution in [0.15, 0.2) is 28.7 Å². The van der Waals surface area contributed by atoms with Crippen molar-refractivity contribution in [1.82, 2.24) is 24.2 Å². The van der Waals surface area contributed by atoms with Crippen LogP contribution in [0.2, 0.25) is 0 Å². The van der Waals surface area contributed by atoms with Gasteiger partial charge >= 0.3 is 0 Å². The summed E-state index contributed by atoms with van der Waals surface area (Å²) >= 11 is 5.60. The minimum Gasteiger partial charge on any atom is -0.440 e. The Morgan fingerprint density at radius 2 is 2.04 bits per heavy atom. The number of hydrogen-bond donors (Lipinski definition) is 0. The minimum atomic E-state index is 0.330. The summed E-state index contributed by atoms with van der Waals surface area (Å²) in [6, 6.07) is 7.99. The van der Waals surface area contributed by atoms with Crippen molar-refractivity contribution in [2.24, 2.45) is 7.05 Å². The highest BCUT2D eigenvalue weighted by atomic mass is 32.1. The van der Waals surface area contributed by atoms with Gasteiger partial charge in [0.25, 0.3) is 0 Å². The summed E-state index contributed by atoms with van der Waals surface area (Å²) in [4.78, 5) is 7.12. The fourth-order valence-electron chi connectivity index (χ4n) is 3.93. The van der Waals surface area contributed by atoms with Gasteiger partial charge in [-0.25, -0.2) is 9.67 Å². The molecule has 6 nitrogen and oxygen atoms in total. The Labute approximate surface area is 157 Å². The number of para-hydroxylation sites is 2. The molecule has 0 unspecified atom stereocenters. The molecule has 0 amide bonds. The van der Waals surface area contributed by atoms with Crippen molar-refractivity contribution < 1.29 is 4.42 Å². The molecule has 0 radical (unpaired) electrons. The molecule has 1 atom stereocenters. The molecule has 1 saturated heterocycles. The Balaban J connectivity index is 1.34. The zero-order valence-electron chi connectivity index (χ0n) is 15.0. The number of piperidine rings is 1. The fraction of sp³-hybridized carbons (Fsp3) is 0.526. The number of fused-ring (bicyclic) bond motifs is 1. The molecule has 136 valence electrons. The van der Waals surface area contributed by atoms with Gasteiger partial charge in [0, 0.05) is 25.4 Å². The van der Waals surface area contributed by atoms with E-state index in [-0.39, 0.29) is 0 Å². The maximum atomic E-state index is 6.01. The smallest absolute Gasteiger partial charge is 0.199 e. The lowest BCUT2D eigenvalue weighted by Crippen LogP contribution is -2.36. The van der Waals surface area contributed by atoms with Crippen LogP contribution >= 0.6 is 12.2 Å². The summed E-state index contributed by atoms with van der Waals surface area (Å²) in [5, 5.41) is 4.79. The topological polar surface area (TPSA) is 52.0 Å². The van der Waals surface area contributed by atoms with Gasteiger partial charge in [0.2, 0.25) is 0 Å². The first-order valence-electron chi connectivity index (χ1n) is 9.40. The standard InChI is InChI=1S/C19H23N5OS/c1-22-17(13-8-9-13)21-24(19(22)26)12-23-10-4-5-14(11-23)18-20-15-6-2-3-7-16(15)25-18/h2-3,6-7,13-14H,4-5,8-12H2,1H3/t14-/m0/s1. The van der Waals surface area contributed by atoms with Crippen LogP contribution in [-0.4, -0.2) is 37.3 Å². The highest BCUT2D eigenvalue weighted by Gasteiger charge is 2.30. The van der Waals surface area contributed by atoms with Crippen LogP contribution in [0.3, 0.4) is 0 Å². The van der Waals surface area contributed by atoms with Crippen molar-refractivity contribution in [1.29, 1.82) is 0 Å². The molecule has 26 heavy (non-hydrogen) atoms. The van der Waals surface area contributed by atoms with E-state index in [4.69, 9.17) is 26.7 Å². The average Bonchev–Trinajstić information content (AvgIpc) is 3.35. The number of likely N-dealkylation sites (tertiary alicyclic amines) is 1. The molecule has 1 saturated carbocycles. The lowest BCUT2D eigenvalue weighted by atomic mass is 9.98. The Hall–Kier alpha value is -1.99. The fourth-order valence-corrected chi connectivity index (χ4v) is 4.13. The van der Waals surface area contributed by atoms with Gasteiger partial charge in [-0.3, -0.25) is 4.90 Å². The molecule has 7 heteroatoms. The molecular formula is C19H23N5OS. The average molecular weight is 369 g/mol. The van der Waals surface area contributed by atoms with Crippen LogP contribution in [0.4, 0.5) is 0 Å². The van der Waals surface area contributed by atoms with E-state index in [2.05, 4.69) is 9.47 Å². The maximum absolute atomic E-state index is 6.01. The molecule has 0 bridgehead atoms. The van der Waals surface area contributed by atoms with Gasteiger partial charge in [0.1, 0.15) is 11.3 Å². The first-order chi connectivity index (χ1) is 12.7. The van der Waals surface area contributed by atoms with E-state index in [1.807, 2.05) is 36.0 Å². The number of oxazole rings is 1. The third-order valence-electron chi connectivity index (χ3n) is 5.52. The SMILES string of the molecule is Cn1c(C2CC2)nn(CN2CCC[C@H](c3nc4ccccc4o3)C2)c1=S. The normalized spacial score (nSPS) is 21.5. The van der Waals surface area contributed by atoms with Crippen molar-refractivity contribution in [2.75, 3.05) is 13.1 Å². The zero-order chi connectivity index (χ0) is 17.7. The molecule has 1 aliphatic heterocycles. The Morgan fingerprint density at radius 3 is 2.85 bits per heavy atom. The summed E-state index contributed by atoms with van der Waals surface area (Å²) in [5.74, 6) is 2.94. The van der Waals surface area contributed by atoms with Gasteiger partial charge in [-0.15, -0.1) is 0 Å². The van der Waals surface area contributed by atoms with E-state index in [0.29, 0.717) is 11.8 Å². The van der Waals surface area contributed by atoms with Gasteiger partial charge in [0.15, 0.2) is 16.2 Å². The predicted molar refractivity (Wildman–Crippen MR) is 102 cm³/mol. The lowest BCUT2D eigenvalue weighted by Gasteiger charge is -2.30. The van der Waals surface area contributed by atoms with Gasteiger partial charge in [-0.2, -0.15) is 5.10 Å². The number of aromatic nitrogens is 4. The number of rotatable bonds is 4. The van der Waals surface area contributed by atoms with Crippen LogP contribution in [0, 0.1) is 4.77 Å². The molecule has 0 N–H and O–H groups in total. The summed E-state index contributed by atoms with van der Waals surface area (Å²) < 4.78 is 10.9. The third kappa shape index (κ3) is 2.89. The van der Waals surface area contributed by atoms with E-state index < -0.39 is 0 Å². The molecule has 2 aromatic heterocycles. The summed E-state index contributed by atoms with van der Waals surface area (Å²) in [6.45, 7) is 2.74. The molecule has 3 heterocycles. The van der Waals surface area contributed by atoms with Crippen molar-refractivity contribution in [3.8, 4) is 0 Å². The second-order valence-corrected chi connectivity index (χ2v) is 7.92. The summed E-state index contributed by atoms with van der Waals surface area (Å²) in [5.41, 5.74) is 1.82. The molecule has 0 spiro atoms. The van der Waals surface area contributed by atoms with Gasteiger partial charge in [0.05, 0.1) is 6.67 Å². The number of nitrogens with zero attached hydrogens (tertiary/aromatic N) is 5. The van der Waals surface area contributed by atoms with E-state index in [1.165, 1.54) is 12.8 Å².